The van der Waals surface area contributed by atoms with Crippen LogP contribution in [0.25, 0.3) is 22.2 Å². The first-order chi connectivity index (χ1) is 15.5. The van der Waals surface area contributed by atoms with E-state index in [1.165, 1.54) is 0 Å². The SMILES string of the molecule is CCOc1cc(-c2cccc(Cl)c2)nc2ccc(C(=O)NCCCN3CCCC3=O)cc12. The minimum absolute atomic E-state index is 0.152. The van der Waals surface area contributed by atoms with Crippen molar-refractivity contribution in [3.8, 4) is 17.0 Å². The quantitative estimate of drug-likeness (QED) is 0.504. The summed E-state index contributed by atoms with van der Waals surface area (Å²) in [5, 5.41) is 4.37. The second kappa shape index (κ2) is 10.0. The average molecular weight is 452 g/mol. The normalized spacial score (nSPS) is 13.6. The molecular formula is C25H26ClN3O3. The molecule has 0 spiro atoms. The van der Waals surface area contributed by atoms with Gasteiger partial charge in [-0.3, -0.25) is 9.59 Å². The Morgan fingerprint density at radius 1 is 1.22 bits per heavy atom. The Kier molecular flexibility index (Phi) is 6.90. The van der Waals surface area contributed by atoms with E-state index in [-0.39, 0.29) is 11.8 Å². The van der Waals surface area contributed by atoms with Crippen molar-refractivity contribution in [2.75, 3.05) is 26.2 Å². The number of halogens is 1. The molecule has 1 fully saturated rings. The van der Waals surface area contributed by atoms with E-state index in [9.17, 15) is 9.59 Å². The van der Waals surface area contributed by atoms with Crippen LogP contribution in [0.1, 0.15) is 36.5 Å². The van der Waals surface area contributed by atoms with Crippen molar-refractivity contribution < 1.29 is 14.3 Å². The first-order valence-corrected chi connectivity index (χ1v) is 11.3. The van der Waals surface area contributed by atoms with Gasteiger partial charge in [-0.25, -0.2) is 4.98 Å². The Balaban J connectivity index is 1.50. The molecule has 0 atom stereocenters. The van der Waals surface area contributed by atoms with Gasteiger partial charge in [0.05, 0.1) is 17.8 Å². The van der Waals surface area contributed by atoms with Crippen molar-refractivity contribution in [1.29, 1.82) is 0 Å². The number of rotatable bonds is 8. The van der Waals surface area contributed by atoms with Crippen LogP contribution in [0.5, 0.6) is 5.75 Å². The zero-order valence-corrected chi connectivity index (χ0v) is 18.8. The standard InChI is InChI=1S/C25H26ClN3O3/c1-2-32-23-16-22(17-6-3-7-19(26)14-17)28-21-10-9-18(15-20(21)23)25(31)27-11-5-13-29-12-4-8-24(29)30/h3,6-7,9-10,14-16H,2,4-5,8,11-13H2,1H3,(H,27,31). The van der Waals surface area contributed by atoms with E-state index in [4.69, 9.17) is 21.3 Å². The fourth-order valence-electron chi connectivity index (χ4n) is 3.92. The first kappa shape index (κ1) is 22.1. The largest absolute Gasteiger partial charge is 0.493 e. The summed E-state index contributed by atoms with van der Waals surface area (Å²) in [5.41, 5.74) is 2.96. The molecule has 32 heavy (non-hydrogen) atoms. The summed E-state index contributed by atoms with van der Waals surface area (Å²) >= 11 is 6.14. The molecule has 0 bridgehead atoms. The summed E-state index contributed by atoms with van der Waals surface area (Å²) in [6, 6.07) is 14.8. The lowest BCUT2D eigenvalue weighted by Crippen LogP contribution is -2.30. The number of likely N-dealkylation sites (tertiary alicyclic amines) is 1. The van der Waals surface area contributed by atoms with Crippen LogP contribution < -0.4 is 10.1 Å². The second-order valence-electron chi connectivity index (χ2n) is 7.77. The fraction of sp³-hybridized carbons (Fsp3) is 0.320. The maximum Gasteiger partial charge on any atom is 0.251 e. The van der Waals surface area contributed by atoms with Crippen molar-refractivity contribution in [3.05, 3.63) is 59.1 Å². The smallest absolute Gasteiger partial charge is 0.251 e. The number of carbonyl (C=O) groups is 2. The molecule has 3 aromatic rings. The molecule has 1 aliphatic heterocycles. The van der Waals surface area contributed by atoms with Gasteiger partial charge < -0.3 is 15.0 Å². The monoisotopic (exact) mass is 451 g/mol. The van der Waals surface area contributed by atoms with Gasteiger partial charge in [0.2, 0.25) is 5.91 Å². The highest BCUT2D eigenvalue weighted by Crippen LogP contribution is 2.31. The molecule has 2 amide bonds. The van der Waals surface area contributed by atoms with E-state index < -0.39 is 0 Å². The highest BCUT2D eigenvalue weighted by molar-refractivity contribution is 6.30. The fourth-order valence-corrected chi connectivity index (χ4v) is 4.11. The van der Waals surface area contributed by atoms with Gasteiger partial charge in [0.1, 0.15) is 5.75 Å². The molecule has 0 radical (unpaired) electrons. The summed E-state index contributed by atoms with van der Waals surface area (Å²) in [6.45, 7) is 4.45. The van der Waals surface area contributed by atoms with E-state index >= 15 is 0 Å². The van der Waals surface area contributed by atoms with E-state index in [0.29, 0.717) is 42.5 Å². The van der Waals surface area contributed by atoms with E-state index in [1.807, 2.05) is 54.3 Å². The number of hydrogen-bond donors (Lipinski definition) is 1. The molecule has 7 heteroatoms. The molecule has 1 aromatic heterocycles. The second-order valence-corrected chi connectivity index (χ2v) is 8.21. The summed E-state index contributed by atoms with van der Waals surface area (Å²) < 4.78 is 5.87. The lowest BCUT2D eigenvalue weighted by Gasteiger charge is -2.15. The number of hydrogen-bond acceptors (Lipinski definition) is 4. The molecule has 1 N–H and O–H groups in total. The van der Waals surface area contributed by atoms with Gasteiger partial charge in [0.25, 0.3) is 5.91 Å². The lowest BCUT2D eigenvalue weighted by atomic mass is 10.1. The number of benzene rings is 2. The molecule has 0 unspecified atom stereocenters. The van der Waals surface area contributed by atoms with Gasteiger partial charge in [-0.2, -0.15) is 0 Å². The van der Waals surface area contributed by atoms with Crippen molar-refractivity contribution in [2.45, 2.75) is 26.2 Å². The van der Waals surface area contributed by atoms with Crippen LogP contribution in [0.2, 0.25) is 5.02 Å². The summed E-state index contributed by atoms with van der Waals surface area (Å²) in [4.78, 5) is 31.0. The lowest BCUT2D eigenvalue weighted by molar-refractivity contribution is -0.127. The van der Waals surface area contributed by atoms with E-state index in [0.717, 1.165) is 41.5 Å². The summed E-state index contributed by atoms with van der Waals surface area (Å²) in [6.07, 6.45) is 2.30. The van der Waals surface area contributed by atoms with Crippen LogP contribution in [0.15, 0.2) is 48.5 Å². The van der Waals surface area contributed by atoms with Crippen molar-refractivity contribution in [3.63, 3.8) is 0 Å². The van der Waals surface area contributed by atoms with E-state index in [1.54, 1.807) is 6.07 Å². The third-order valence-corrected chi connectivity index (χ3v) is 5.75. The topological polar surface area (TPSA) is 71.5 Å². The molecular weight excluding hydrogens is 426 g/mol. The third-order valence-electron chi connectivity index (χ3n) is 5.51. The molecule has 4 rings (SSSR count). The van der Waals surface area contributed by atoms with Crippen LogP contribution in [-0.2, 0) is 4.79 Å². The molecule has 6 nitrogen and oxygen atoms in total. The van der Waals surface area contributed by atoms with Crippen molar-refractivity contribution in [2.24, 2.45) is 0 Å². The van der Waals surface area contributed by atoms with Gasteiger partial charge in [-0.05, 0) is 50.1 Å². The zero-order valence-electron chi connectivity index (χ0n) is 18.1. The Bertz CT molecular complexity index is 1150. The van der Waals surface area contributed by atoms with Crippen LogP contribution in [0.4, 0.5) is 0 Å². The maximum absolute atomic E-state index is 12.7. The first-order valence-electron chi connectivity index (χ1n) is 10.9. The average Bonchev–Trinajstić information content (AvgIpc) is 3.21. The van der Waals surface area contributed by atoms with E-state index in [2.05, 4.69) is 5.32 Å². The van der Waals surface area contributed by atoms with Crippen LogP contribution in [-0.4, -0.2) is 47.9 Å². The molecule has 166 valence electrons. The van der Waals surface area contributed by atoms with Gasteiger partial charge in [-0.15, -0.1) is 0 Å². The number of aromatic nitrogens is 1. The molecule has 2 aromatic carbocycles. The highest BCUT2D eigenvalue weighted by atomic mass is 35.5. The Hall–Kier alpha value is -3.12. The van der Waals surface area contributed by atoms with Gasteiger partial charge in [-0.1, -0.05) is 23.7 Å². The maximum atomic E-state index is 12.7. The number of carbonyl (C=O) groups excluding carboxylic acids is 2. The number of ether oxygens (including phenoxy) is 1. The minimum atomic E-state index is -0.152. The zero-order chi connectivity index (χ0) is 22.5. The minimum Gasteiger partial charge on any atom is -0.493 e. The van der Waals surface area contributed by atoms with Crippen LogP contribution in [0.3, 0.4) is 0 Å². The highest BCUT2D eigenvalue weighted by Gasteiger charge is 2.19. The predicted molar refractivity (Wildman–Crippen MR) is 126 cm³/mol. The number of fused-ring (bicyclic) bond motifs is 1. The van der Waals surface area contributed by atoms with Crippen molar-refractivity contribution >= 4 is 34.3 Å². The third kappa shape index (κ3) is 5.02. The van der Waals surface area contributed by atoms with Crippen LogP contribution >= 0.6 is 11.6 Å². The molecule has 1 saturated heterocycles. The summed E-state index contributed by atoms with van der Waals surface area (Å²) in [5.74, 6) is 0.731. The Labute approximate surface area is 192 Å². The molecule has 0 saturated carbocycles. The number of amides is 2. The summed E-state index contributed by atoms with van der Waals surface area (Å²) in [7, 11) is 0. The predicted octanol–water partition coefficient (Wildman–Crippen LogP) is 4.70. The van der Waals surface area contributed by atoms with Crippen LogP contribution in [0, 0.1) is 0 Å². The molecule has 0 aliphatic carbocycles. The van der Waals surface area contributed by atoms with Gasteiger partial charge >= 0.3 is 0 Å². The van der Waals surface area contributed by atoms with Crippen molar-refractivity contribution in [1.82, 2.24) is 15.2 Å². The number of pyridine rings is 1. The Morgan fingerprint density at radius 2 is 2.09 bits per heavy atom. The number of nitrogens with zero attached hydrogens (tertiary/aromatic N) is 2. The Morgan fingerprint density at radius 3 is 2.84 bits per heavy atom. The molecule has 2 heterocycles. The molecule has 1 aliphatic rings. The van der Waals surface area contributed by atoms with Gasteiger partial charge in [0, 0.05) is 53.7 Å². The number of nitrogens with one attached hydrogen (secondary N) is 1. The van der Waals surface area contributed by atoms with Gasteiger partial charge in [0.15, 0.2) is 0 Å².